The Morgan fingerprint density at radius 3 is 2.54 bits per heavy atom. The maximum atomic E-state index is 14.3. The topological polar surface area (TPSA) is 38.1 Å². The lowest BCUT2D eigenvalue weighted by atomic mass is 10.1. The number of carbonyl (C=O) groups is 1. The third-order valence-corrected chi connectivity index (χ3v) is 5.03. The molecule has 1 aromatic heterocycles. The summed E-state index contributed by atoms with van der Waals surface area (Å²) in [6.07, 6.45) is -1.85. The highest BCUT2D eigenvalue weighted by Crippen LogP contribution is 2.35. The molecule has 1 amide bonds. The molecule has 1 heterocycles. The standard InChI is InChI=1S/C18H15Cl2F4N3O/c1-8(10-5-13(21)12(20)6-11(10)19)7-27(9-3-4-9)18(28)14-15(16(22)23)25-26(2)17(14)24/h5-6,9,16H,1,3-4,7H2,2H3. The summed E-state index contributed by atoms with van der Waals surface area (Å²) in [4.78, 5) is 14.1. The minimum absolute atomic E-state index is 0.125. The van der Waals surface area contributed by atoms with Crippen molar-refractivity contribution in [3.8, 4) is 0 Å². The van der Waals surface area contributed by atoms with Gasteiger partial charge in [0.25, 0.3) is 12.3 Å². The third-order valence-electron chi connectivity index (χ3n) is 4.43. The summed E-state index contributed by atoms with van der Waals surface area (Å²) in [7, 11) is 1.13. The van der Waals surface area contributed by atoms with Gasteiger partial charge in [-0.05, 0) is 30.5 Å². The zero-order chi connectivity index (χ0) is 20.7. The number of amides is 1. The Morgan fingerprint density at radius 1 is 1.32 bits per heavy atom. The first kappa shape index (κ1) is 20.7. The summed E-state index contributed by atoms with van der Waals surface area (Å²) in [5.74, 6) is -2.79. The Hall–Kier alpha value is -2.06. The molecule has 0 radical (unpaired) electrons. The van der Waals surface area contributed by atoms with Gasteiger partial charge < -0.3 is 4.90 Å². The zero-order valence-corrected chi connectivity index (χ0v) is 16.2. The Kier molecular flexibility index (Phi) is 5.72. The lowest BCUT2D eigenvalue weighted by Gasteiger charge is -2.24. The number of benzene rings is 1. The quantitative estimate of drug-likeness (QED) is 0.458. The van der Waals surface area contributed by atoms with Crippen molar-refractivity contribution in [1.82, 2.24) is 14.7 Å². The highest BCUT2D eigenvalue weighted by atomic mass is 35.5. The van der Waals surface area contributed by atoms with Crippen molar-refractivity contribution in [2.75, 3.05) is 6.54 Å². The molecule has 0 atom stereocenters. The number of alkyl halides is 2. The van der Waals surface area contributed by atoms with Crippen molar-refractivity contribution >= 4 is 34.7 Å². The molecule has 10 heteroatoms. The fraction of sp³-hybridized carbons (Fsp3) is 0.333. The molecule has 0 aliphatic heterocycles. The number of aromatic nitrogens is 2. The highest BCUT2D eigenvalue weighted by Gasteiger charge is 2.38. The van der Waals surface area contributed by atoms with Gasteiger partial charge in [0.1, 0.15) is 17.1 Å². The molecular weight excluding hydrogens is 421 g/mol. The molecule has 1 aromatic carbocycles. The number of hydrogen-bond acceptors (Lipinski definition) is 2. The predicted octanol–water partition coefficient (Wildman–Crippen LogP) is 5.26. The normalized spacial score (nSPS) is 13.9. The van der Waals surface area contributed by atoms with E-state index >= 15 is 0 Å². The van der Waals surface area contributed by atoms with Gasteiger partial charge in [-0.1, -0.05) is 29.8 Å². The van der Waals surface area contributed by atoms with Crippen molar-refractivity contribution in [2.45, 2.75) is 25.3 Å². The largest absolute Gasteiger partial charge is 0.331 e. The van der Waals surface area contributed by atoms with E-state index in [9.17, 15) is 22.4 Å². The Bertz CT molecular complexity index is 957. The number of nitrogens with zero attached hydrogens (tertiary/aromatic N) is 3. The number of rotatable bonds is 6. The maximum Gasteiger partial charge on any atom is 0.283 e. The molecule has 4 nitrogen and oxygen atoms in total. The van der Waals surface area contributed by atoms with Gasteiger partial charge in [0.2, 0.25) is 5.95 Å². The van der Waals surface area contributed by atoms with Gasteiger partial charge in [-0.25, -0.2) is 17.9 Å². The molecule has 0 spiro atoms. The van der Waals surface area contributed by atoms with Gasteiger partial charge in [-0.2, -0.15) is 9.49 Å². The molecule has 3 rings (SSSR count). The van der Waals surface area contributed by atoms with E-state index in [1.54, 1.807) is 0 Å². The summed E-state index contributed by atoms with van der Waals surface area (Å²) < 4.78 is 55.1. The zero-order valence-electron chi connectivity index (χ0n) is 14.7. The molecule has 150 valence electrons. The average molecular weight is 436 g/mol. The van der Waals surface area contributed by atoms with E-state index in [1.165, 1.54) is 11.0 Å². The molecule has 0 unspecified atom stereocenters. The van der Waals surface area contributed by atoms with Crippen molar-refractivity contribution in [2.24, 2.45) is 7.05 Å². The molecule has 1 aliphatic carbocycles. The number of aryl methyl sites for hydroxylation is 1. The Labute approximate surface area is 168 Å². The summed E-state index contributed by atoms with van der Waals surface area (Å²) in [5, 5.41) is 3.36. The number of halogens is 6. The van der Waals surface area contributed by atoms with Crippen molar-refractivity contribution < 1.29 is 22.4 Å². The first-order valence-corrected chi connectivity index (χ1v) is 9.01. The van der Waals surface area contributed by atoms with E-state index < -0.39 is 35.4 Å². The van der Waals surface area contributed by atoms with Gasteiger partial charge in [0.05, 0.1) is 5.02 Å². The fourth-order valence-corrected chi connectivity index (χ4v) is 3.37. The van der Waals surface area contributed by atoms with E-state index in [4.69, 9.17) is 23.2 Å². The van der Waals surface area contributed by atoms with Gasteiger partial charge in [0, 0.05) is 30.2 Å². The molecule has 0 saturated heterocycles. The minimum atomic E-state index is -3.11. The number of hydrogen-bond donors (Lipinski definition) is 0. The first-order chi connectivity index (χ1) is 13.1. The molecule has 0 bridgehead atoms. The molecule has 2 aromatic rings. The van der Waals surface area contributed by atoms with E-state index in [1.807, 2.05) is 0 Å². The van der Waals surface area contributed by atoms with Crippen LogP contribution in [-0.4, -0.2) is 33.2 Å². The molecule has 1 aliphatic rings. The van der Waals surface area contributed by atoms with Crippen LogP contribution in [0.25, 0.3) is 5.57 Å². The van der Waals surface area contributed by atoms with Crippen molar-refractivity contribution in [3.63, 3.8) is 0 Å². The molecular formula is C18H15Cl2F4N3O. The van der Waals surface area contributed by atoms with Crippen LogP contribution < -0.4 is 0 Å². The Morgan fingerprint density at radius 2 is 1.96 bits per heavy atom. The second-order valence-electron chi connectivity index (χ2n) is 6.49. The Balaban J connectivity index is 1.93. The van der Waals surface area contributed by atoms with E-state index in [0.717, 1.165) is 13.1 Å². The van der Waals surface area contributed by atoms with Crippen LogP contribution in [0.1, 0.15) is 40.9 Å². The van der Waals surface area contributed by atoms with Crippen LogP contribution in [-0.2, 0) is 7.05 Å². The SMILES string of the molecule is C=C(CN(C(=O)c1c(C(F)F)nn(C)c1F)C1CC1)c1cc(F)c(Cl)cc1Cl. The summed E-state index contributed by atoms with van der Waals surface area (Å²) >= 11 is 11.8. The summed E-state index contributed by atoms with van der Waals surface area (Å²) in [5.41, 5.74) is -1.20. The maximum absolute atomic E-state index is 14.3. The van der Waals surface area contributed by atoms with Crippen LogP contribution in [0, 0.1) is 11.8 Å². The summed E-state index contributed by atoms with van der Waals surface area (Å²) in [6, 6.07) is 2.03. The van der Waals surface area contributed by atoms with E-state index in [0.29, 0.717) is 17.5 Å². The van der Waals surface area contributed by atoms with E-state index in [-0.39, 0.29) is 33.8 Å². The number of carbonyl (C=O) groups excluding carboxylic acids is 1. The van der Waals surface area contributed by atoms with Crippen LogP contribution in [0.5, 0.6) is 0 Å². The lowest BCUT2D eigenvalue weighted by Crippen LogP contribution is -2.35. The fourth-order valence-electron chi connectivity index (χ4n) is 2.85. The molecule has 1 saturated carbocycles. The smallest absolute Gasteiger partial charge is 0.283 e. The average Bonchev–Trinajstić information content (AvgIpc) is 3.41. The van der Waals surface area contributed by atoms with Crippen LogP contribution >= 0.6 is 23.2 Å². The van der Waals surface area contributed by atoms with Crippen molar-refractivity contribution in [1.29, 1.82) is 0 Å². The summed E-state index contributed by atoms with van der Waals surface area (Å²) in [6.45, 7) is 3.68. The van der Waals surface area contributed by atoms with Crippen molar-refractivity contribution in [3.05, 3.63) is 57.3 Å². The third kappa shape index (κ3) is 3.89. The second-order valence-corrected chi connectivity index (χ2v) is 7.30. The van der Waals surface area contributed by atoms with Gasteiger partial charge >= 0.3 is 0 Å². The van der Waals surface area contributed by atoms with Crippen LogP contribution in [0.4, 0.5) is 17.6 Å². The predicted molar refractivity (Wildman–Crippen MR) is 97.6 cm³/mol. The second kappa shape index (κ2) is 7.75. The van der Waals surface area contributed by atoms with E-state index in [2.05, 4.69) is 11.7 Å². The molecule has 28 heavy (non-hydrogen) atoms. The molecule has 0 N–H and O–H groups in total. The van der Waals surface area contributed by atoms with Gasteiger partial charge in [-0.3, -0.25) is 4.79 Å². The minimum Gasteiger partial charge on any atom is -0.331 e. The van der Waals surface area contributed by atoms with Crippen LogP contribution in [0.15, 0.2) is 18.7 Å². The lowest BCUT2D eigenvalue weighted by molar-refractivity contribution is 0.0747. The van der Waals surface area contributed by atoms with Gasteiger partial charge in [0.15, 0.2) is 0 Å². The van der Waals surface area contributed by atoms with Crippen LogP contribution in [0.2, 0.25) is 10.0 Å². The first-order valence-electron chi connectivity index (χ1n) is 8.26. The molecule has 1 fully saturated rings. The van der Waals surface area contributed by atoms with Gasteiger partial charge in [-0.15, -0.1) is 0 Å². The highest BCUT2D eigenvalue weighted by molar-refractivity contribution is 6.35. The monoisotopic (exact) mass is 435 g/mol. The van der Waals surface area contributed by atoms with Crippen LogP contribution in [0.3, 0.4) is 0 Å².